The van der Waals surface area contributed by atoms with E-state index in [1.54, 1.807) is 6.92 Å². The zero-order valence-corrected chi connectivity index (χ0v) is 10.4. The number of halogens is 1. The van der Waals surface area contributed by atoms with Crippen LogP contribution < -0.4 is 4.74 Å². The van der Waals surface area contributed by atoms with Crippen molar-refractivity contribution in [3.63, 3.8) is 0 Å². The van der Waals surface area contributed by atoms with Crippen molar-refractivity contribution >= 4 is 27.7 Å². The summed E-state index contributed by atoms with van der Waals surface area (Å²) >= 11 is 5.61. The largest absolute Gasteiger partial charge is 0.474 e. The monoisotopic (exact) mass is 262 g/mol. The van der Waals surface area contributed by atoms with Gasteiger partial charge in [0.05, 0.1) is 10.5 Å². The number of rotatable bonds is 4. The van der Waals surface area contributed by atoms with Gasteiger partial charge in [0.2, 0.25) is 0 Å². The van der Waals surface area contributed by atoms with E-state index in [2.05, 4.69) is 0 Å². The summed E-state index contributed by atoms with van der Waals surface area (Å²) < 4.78 is 27.6. The standard InChI is InChI=1S/C10H11ClO4S/c1-7(11)15-10-4-3-9(16(2,13)14)5-8(10)6-12/h3-7H,1-2H3/t7-/m0/s1. The molecule has 1 aromatic rings. The molecule has 0 unspecified atom stereocenters. The predicted molar refractivity (Wildman–Crippen MR) is 60.9 cm³/mol. The predicted octanol–water partition coefficient (Wildman–Crippen LogP) is 1.87. The van der Waals surface area contributed by atoms with Crippen LogP contribution in [-0.2, 0) is 9.84 Å². The highest BCUT2D eigenvalue weighted by Crippen LogP contribution is 2.22. The number of ether oxygens (including phenoxy) is 1. The van der Waals surface area contributed by atoms with Crippen molar-refractivity contribution in [1.29, 1.82) is 0 Å². The van der Waals surface area contributed by atoms with Crippen LogP contribution in [0.15, 0.2) is 23.1 Å². The molecule has 0 fully saturated rings. The van der Waals surface area contributed by atoms with Gasteiger partial charge in [-0.05, 0) is 25.1 Å². The Hall–Kier alpha value is -1.07. The van der Waals surface area contributed by atoms with E-state index in [0.717, 1.165) is 6.26 Å². The SMILES string of the molecule is C[C@@H](Cl)Oc1ccc(S(C)(=O)=O)cc1C=O. The molecule has 1 atom stereocenters. The third-order valence-electron chi connectivity index (χ3n) is 1.83. The first-order valence-corrected chi connectivity index (χ1v) is 6.77. The second-order valence-corrected chi connectivity index (χ2v) is 5.88. The molecule has 16 heavy (non-hydrogen) atoms. The molecular weight excluding hydrogens is 252 g/mol. The van der Waals surface area contributed by atoms with E-state index >= 15 is 0 Å². The van der Waals surface area contributed by atoms with Crippen LogP contribution >= 0.6 is 11.6 Å². The van der Waals surface area contributed by atoms with Gasteiger partial charge in [0.25, 0.3) is 0 Å². The van der Waals surface area contributed by atoms with Gasteiger partial charge in [-0.15, -0.1) is 0 Å². The van der Waals surface area contributed by atoms with Gasteiger partial charge in [-0.3, -0.25) is 4.79 Å². The number of carbonyl (C=O) groups is 1. The van der Waals surface area contributed by atoms with Gasteiger partial charge in [0, 0.05) is 6.26 Å². The van der Waals surface area contributed by atoms with Gasteiger partial charge in [0.1, 0.15) is 5.75 Å². The van der Waals surface area contributed by atoms with Gasteiger partial charge >= 0.3 is 0 Å². The topological polar surface area (TPSA) is 60.4 Å². The second-order valence-electron chi connectivity index (χ2n) is 3.25. The molecular formula is C10H11ClO4S. The van der Waals surface area contributed by atoms with Gasteiger partial charge in [-0.2, -0.15) is 0 Å². The Kier molecular flexibility index (Phi) is 3.93. The lowest BCUT2D eigenvalue weighted by molar-refractivity contribution is 0.111. The van der Waals surface area contributed by atoms with Crippen LogP contribution in [0.3, 0.4) is 0 Å². The first-order chi connectivity index (χ1) is 7.34. The number of sulfone groups is 1. The van der Waals surface area contributed by atoms with E-state index in [4.69, 9.17) is 16.3 Å². The summed E-state index contributed by atoms with van der Waals surface area (Å²) in [5.41, 5.74) is -0.432. The van der Waals surface area contributed by atoms with E-state index in [0.29, 0.717) is 6.29 Å². The van der Waals surface area contributed by atoms with Crippen molar-refractivity contribution < 1.29 is 17.9 Å². The summed E-state index contributed by atoms with van der Waals surface area (Å²) in [5, 5.41) is 0. The summed E-state index contributed by atoms with van der Waals surface area (Å²) in [4.78, 5) is 10.8. The first kappa shape index (κ1) is 13.0. The average Bonchev–Trinajstić information content (AvgIpc) is 2.15. The lowest BCUT2D eigenvalue weighted by atomic mass is 10.2. The van der Waals surface area contributed by atoms with E-state index in [9.17, 15) is 13.2 Å². The number of alkyl halides is 1. The smallest absolute Gasteiger partial charge is 0.175 e. The molecule has 0 aliphatic heterocycles. The molecule has 0 aromatic heterocycles. The van der Waals surface area contributed by atoms with Gasteiger partial charge in [-0.25, -0.2) is 8.42 Å². The summed E-state index contributed by atoms with van der Waals surface area (Å²) in [6.45, 7) is 1.60. The van der Waals surface area contributed by atoms with E-state index < -0.39 is 15.4 Å². The molecule has 88 valence electrons. The molecule has 1 aromatic carbocycles. The molecule has 0 saturated heterocycles. The summed E-state index contributed by atoms with van der Waals surface area (Å²) in [5.74, 6) is 0.268. The minimum atomic E-state index is -3.33. The summed E-state index contributed by atoms with van der Waals surface area (Å²) in [7, 11) is -3.33. The van der Waals surface area contributed by atoms with Crippen LogP contribution in [0.2, 0.25) is 0 Å². The normalized spacial score (nSPS) is 13.2. The first-order valence-electron chi connectivity index (χ1n) is 4.44. The Balaban J connectivity index is 3.22. The molecule has 0 heterocycles. The Morgan fingerprint density at radius 2 is 2.06 bits per heavy atom. The molecule has 6 heteroatoms. The fourth-order valence-corrected chi connectivity index (χ4v) is 1.88. The number of carbonyl (C=O) groups excluding carboxylic acids is 1. The Morgan fingerprint density at radius 3 is 2.50 bits per heavy atom. The molecule has 0 aliphatic carbocycles. The lowest BCUT2D eigenvalue weighted by Gasteiger charge is -2.10. The zero-order chi connectivity index (χ0) is 12.3. The van der Waals surface area contributed by atoms with Crippen molar-refractivity contribution in [3.05, 3.63) is 23.8 Å². The molecule has 0 radical (unpaired) electrons. The number of benzene rings is 1. The highest BCUT2D eigenvalue weighted by Gasteiger charge is 2.12. The van der Waals surface area contributed by atoms with Crippen LogP contribution in [0.5, 0.6) is 5.75 Å². The Bertz CT molecular complexity index is 494. The fraction of sp³-hybridized carbons (Fsp3) is 0.300. The molecule has 1 rings (SSSR count). The van der Waals surface area contributed by atoms with Gasteiger partial charge in [-0.1, -0.05) is 11.6 Å². The third kappa shape index (κ3) is 3.21. The third-order valence-corrected chi connectivity index (χ3v) is 3.03. The van der Waals surface area contributed by atoms with Crippen LogP contribution in [0.4, 0.5) is 0 Å². The van der Waals surface area contributed by atoms with E-state index in [1.807, 2.05) is 0 Å². The average molecular weight is 263 g/mol. The van der Waals surface area contributed by atoms with Gasteiger partial charge < -0.3 is 4.74 Å². The maximum Gasteiger partial charge on any atom is 0.175 e. The molecule has 0 spiro atoms. The van der Waals surface area contributed by atoms with E-state index in [1.165, 1.54) is 18.2 Å². The Labute approximate surface area is 99.1 Å². The van der Waals surface area contributed by atoms with E-state index in [-0.39, 0.29) is 16.2 Å². The highest BCUT2D eigenvalue weighted by atomic mass is 35.5. The second kappa shape index (κ2) is 4.84. The molecule has 0 amide bonds. The van der Waals surface area contributed by atoms with Crippen molar-refractivity contribution in [1.82, 2.24) is 0 Å². The Morgan fingerprint density at radius 1 is 1.44 bits per heavy atom. The molecule has 0 N–H and O–H groups in total. The van der Waals surface area contributed by atoms with Crippen molar-refractivity contribution in [3.8, 4) is 5.75 Å². The molecule has 0 aliphatic rings. The highest BCUT2D eigenvalue weighted by molar-refractivity contribution is 7.90. The minimum absolute atomic E-state index is 0.0733. The number of hydrogen-bond donors (Lipinski definition) is 0. The zero-order valence-electron chi connectivity index (χ0n) is 8.81. The van der Waals surface area contributed by atoms with Crippen molar-refractivity contribution in [2.75, 3.05) is 6.26 Å². The maximum absolute atomic E-state index is 11.3. The number of aldehydes is 1. The lowest BCUT2D eigenvalue weighted by Crippen LogP contribution is -2.06. The summed E-state index contributed by atoms with van der Waals surface area (Å²) in [6.07, 6.45) is 1.60. The van der Waals surface area contributed by atoms with Crippen molar-refractivity contribution in [2.45, 2.75) is 17.4 Å². The molecule has 0 bridgehead atoms. The maximum atomic E-state index is 11.3. The van der Waals surface area contributed by atoms with Crippen molar-refractivity contribution in [2.24, 2.45) is 0 Å². The quantitative estimate of drug-likeness (QED) is 0.614. The van der Waals surface area contributed by atoms with Crippen LogP contribution in [-0.4, -0.2) is 26.5 Å². The van der Waals surface area contributed by atoms with Crippen LogP contribution in [0.25, 0.3) is 0 Å². The number of hydrogen-bond acceptors (Lipinski definition) is 4. The minimum Gasteiger partial charge on any atom is -0.474 e. The molecule has 4 nitrogen and oxygen atoms in total. The fourth-order valence-electron chi connectivity index (χ4n) is 1.13. The molecule has 0 saturated carbocycles. The summed E-state index contributed by atoms with van der Waals surface area (Å²) in [6, 6.07) is 4.05. The van der Waals surface area contributed by atoms with Crippen LogP contribution in [0.1, 0.15) is 17.3 Å². The van der Waals surface area contributed by atoms with Crippen LogP contribution in [0, 0.1) is 0 Å². The van der Waals surface area contributed by atoms with Gasteiger partial charge in [0.15, 0.2) is 21.7 Å².